The van der Waals surface area contributed by atoms with E-state index in [9.17, 15) is 0 Å². The second-order valence-corrected chi connectivity index (χ2v) is 5.22. The Bertz CT molecular complexity index is 342. The van der Waals surface area contributed by atoms with Gasteiger partial charge in [-0.3, -0.25) is 0 Å². The van der Waals surface area contributed by atoms with Gasteiger partial charge in [0.15, 0.2) is 5.82 Å². The summed E-state index contributed by atoms with van der Waals surface area (Å²) in [5, 5.41) is 4.04. The predicted molar refractivity (Wildman–Crippen MR) is 62.2 cm³/mol. The van der Waals surface area contributed by atoms with E-state index in [0.717, 1.165) is 24.6 Å². The summed E-state index contributed by atoms with van der Waals surface area (Å²) < 4.78 is 5.41. The zero-order valence-electron chi connectivity index (χ0n) is 10.2. The zero-order valence-corrected chi connectivity index (χ0v) is 10.2. The molecule has 1 unspecified atom stereocenters. The van der Waals surface area contributed by atoms with Gasteiger partial charge in [0.05, 0.1) is 0 Å². The highest BCUT2D eigenvalue weighted by Gasteiger charge is 2.34. The molecule has 0 amide bonds. The van der Waals surface area contributed by atoms with Crippen molar-refractivity contribution in [1.82, 2.24) is 10.1 Å². The molecule has 1 aliphatic carbocycles. The summed E-state index contributed by atoms with van der Waals surface area (Å²) in [6.07, 6.45) is 6.17. The standard InChI is InChI=1S/C12H21N3O/c1-9(8-13)10-14-11(16-15-10)12(2)6-4-3-5-7-12/h9H,3-8,13H2,1-2H3. The Morgan fingerprint density at radius 2 is 2.06 bits per heavy atom. The van der Waals surface area contributed by atoms with Crippen LogP contribution >= 0.6 is 0 Å². The minimum absolute atomic E-state index is 0.0951. The van der Waals surface area contributed by atoms with Crippen LogP contribution in [0.1, 0.15) is 63.6 Å². The average molecular weight is 223 g/mol. The molecular formula is C12H21N3O. The predicted octanol–water partition coefficient (Wildman–Crippen LogP) is 2.35. The SMILES string of the molecule is CC(CN)c1noc(C2(C)CCCCC2)n1. The van der Waals surface area contributed by atoms with E-state index in [2.05, 4.69) is 17.1 Å². The second kappa shape index (κ2) is 4.53. The Morgan fingerprint density at radius 3 is 2.69 bits per heavy atom. The maximum atomic E-state index is 5.60. The van der Waals surface area contributed by atoms with Crippen molar-refractivity contribution in [1.29, 1.82) is 0 Å². The summed E-state index contributed by atoms with van der Waals surface area (Å²) in [7, 11) is 0. The summed E-state index contributed by atoms with van der Waals surface area (Å²) in [6, 6.07) is 0. The lowest BCUT2D eigenvalue weighted by Crippen LogP contribution is -2.25. The Morgan fingerprint density at radius 1 is 1.38 bits per heavy atom. The fourth-order valence-corrected chi connectivity index (χ4v) is 2.33. The van der Waals surface area contributed by atoms with E-state index in [-0.39, 0.29) is 11.3 Å². The number of nitrogens with zero attached hydrogens (tertiary/aromatic N) is 2. The van der Waals surface area contributed by atoms with Gasteiger partial charge in [-0.2, -0.15) is 4.98 Å². The first kappa shape index (κ1) is 11.6. The molecule has 0 aliphatic heterocycles. The van der Waals surface area contributed by atoms with Crippen molar-refractivity contribution in [3.8, 4) is 0 Å². The van der Waals surface area contributed by atoms with E-state index >= 15 is 0 Å². The van der Waals surface area contributed by atoms with E-state index in [1.54, 1.807) is 0 Å². The Labute approximate surface area is 96.6 Å². The molecule has 1 aromatic heterocycles. The van der Waals surface area contributed by atoms with Gasteiger partial charge in [-0.1, -0.05) is 38.3 Å². The number of aromatic nitrogens is 2. The molecule has 1 aromatic rings. The van der Waals surface area contributed by atoms with Crippen LogP contribution in [0.3, 0.4) is 0 Å². The topological polar surface area (TPSA) is 64.9 Å². The van der Waals surface area contributed by atoms with Crippen molar-refractivity contribution >= 4 is 0 Å². The van der Waals surface area contributed by atoms with E-state index in [1.807, 2.05) is 6.92 Å². The first-order valence-corrected chi connectivity index (χ1v) is 6.20. The molecule has 4 nitrogen and oxygen atoms in total. The van der Waals surface area contributed by atoms with Gasteiger partial charge in [-0.25, -0.2) is 0 Å². The van der Waals surface area contributed by atoms with Crippen LogP contribution in [0.2, 0.25) is 0 Å². The fraction of sp³-hybridized carbons (Fsp3) is 0.833. The van der Waals surface area contributed by atoms with Crippen LogP contribution in [0.15, 0.2) is 4.52 Å². The molecule has 0 bridgehead atoms. The second-order valence-electron chi connectivity index (χ2n) is 5.22. The van der Waals surface area contributed by atoms with Gasteiger partial charge in [-0.15, -0.1) is 0 Å². The highest BCUT2D eigenvalue weighted by Crippen LogP contribution is 2.38. The molecule has 1 aliphatic rings. The molecule has 1 saturated carbocycles. The highest BCUT2D eigenvalue weighted by atomic mass is 16.5. The minimum Gasteiger partial charge on any atom is -0.339 e. The number of nitrogens with two attached hydrogens (primary N) is 1. The minimum atomic E-state index is 0.0951. The van der Waals surface area contributed by atoms with Crippen LogP contribution in [0.5, 0.6) is 0 Å². The van der Waals surface area contributed by atoms with E-state index < -0.39 is 0 Å². The smallest absolute Gasteiger partial charge is 0.232 e. The van der Waals surface area contributed by atoms with Crippen molar-refractivity contribution in [2.45, 2.75) is 57.3 Å². The largest absolute Gasteiger partial charge is 0.339 e. The molecule has 90 valence electrons. The normalized spacial score (nSPS) is 21.9. The van der Waals surface area contributed by atoms with Crippen LogP contribution in [-0.2, 0) is 5.41 Å². The molecule has 0 spiro atoms. The average Bonchev–Trinajstić information content (AvgIpc) is 2.79. The lowest BCUT2D eigenvalue weighted by molar-refractivity contribution is 0.231. The van der Waals surface area contributed by atoms with Gasteiger partial charge in [0.2, 0.25) is 5.89 Å². The summed E-state index contributed by atoms with van der Waals surface area (Å²) in [4.78, 5) is 4.52. The molecule has 1 atom stereocenters. The van der Waals surface area contributed by atoms with E-state index in [1.165, 1.54) is 19.3 Å². The summed E-state index contributed by atoms with van der Waals surface area (Å²) >= 11 is 0. The van der Waals surface area contributed by atoms with Crippen molar-refractivity contribution in [3.05, 3.63) is 11.7 Å². The fourth-order valence-electron chi connectivity index (χ4n) is 2.33. The molecule has 4 heteroatoms. The molecule has 0 radical (unpaired) electrons. The van der Waals surface area contributed by atoms with Crippen LogP contribution in [0.25, 0.3) is 0 Å². The molecule has 1 heterocycles. The van der Waals surface area contributed by atoms with Gasteiger partial charge in [0, 0.05) is 17.9 Å². The number of hydrogen-bond donors (Lipinski definition) is 1. The Balaban J connectivity index is 2.17. The lowest BCUT2D eigenvalue weighted by Gasteiger charge is -2.29. The van der Waals surface area contributed by atoms with Crippen molar-refractivity contribution in [3.63, 3.8) is 0 Å². The lowest BCUT2D eigenvalue weighted by atomic mass is 9.75. The summed E-state index contributed by atoms with van der Waals surface area (Å²) in [5.74, 6) is 1.75. The molecular weight excluding hydrogens is 202 g/mol. The summed E-state index contributed by atoms with van der Waals surface area (Å²) in [5.41, 5.74) is 5.70. The first-order chi connectivity index (χ1) is 7.65. The van der Waals surface area contributed by atoms with Gasteiger partial charge in [-0.05, 0) is 12.8 Å². The van der Waals surface area contributed by atoms with Crippen LogP contribution in [0.4, 0.5) is 0 Å². The zero-order chi connectivity index (χ0) is 11.6. The summed E-state index contributed by atoms with van der Waals surface area (Å²) in [6.45, 7) is 4.82. The third-order valence-corrected chi connectivity index (χ3v) is 3.71. The van der Waals surface area contributed by atoms with Gasteiger partial charge >= 0.3 is 0 Å². The highest BCUT2D eigenvalue weighted by molar-refractivity contribution is 5.06. The molecule has 2 rings (SSSR count). The molecule has 1 fully saturated rings. The number of rotatable bonds is 3. The first-order valence-electron chi connectivity index (χ1n) is 6.20. The molecule has 2 N–H and O–H groups in total. The maximum Gasteiger partial charge on any atom is 0.232 e. The van der Waals surface area contributed by atoms with Crippen molar-refractivity contribution in [2.75, 3.05) is 6.54 Å². The molecule has 0 aromatic carbocycles. The quantitative estimate of drug-likeness (QED) is 0.854. The van der Waals surface area contributed by atoms with Gasteiger partial charge in [0.1, 0.15) is 0 Å². The third kappa shape index (κ3) is 2.12. The van der Waals surface area contributed by atoms with Crippen LogP contribution < -0.4 is 5.73 Å². The van der Waals surface area contributed by atoms with E-state index in [4.69, 9.17) is 10.3 Å². The van der Waals surface area contributed by atoms with Crippen LogP contribution in [0, 0.1) is 0 Å². The maximum absolute atomic E-state index is 5.60. The van der Waals surface area contributed by atoms with Crippen molar-refractivity contribution < 1.29 is 4.52 Å². The van der Waals surface area contributed by atoms with Gasteiger partial charge in [0.25, 0.3) is 0 Å². The van der Waals surface area contributed by atoms with Gasteiger partial charge < -0.3 is 10.3 Å². The Hall–Kier alpha value is -0.900. The third-order valence-electron chi connectivity index (χ3n) is 3.71. The Kier molecular flexibility index (Phi) is 3.28. The monoisotopic (exact) mass is 223 g/mol. The van der Waals surface area contributed by atoms with Crippen LogP contribution in [-0.4, -0.2) is 16.7 Å². The number of hydrogen-bond acceptors (Lipinski definition) is 4. The molecule has 0 saturated heterocycles. The van der Waals surface area contributed by atoms with E-state index in [0.29, 0.717) is 6.54 Å². The van der Waals surface area contributed by atoms with Crippen molar-refractivity contribution in [2.24, 2.45) is 5.73 Å². The molecule has 16 heavy (non-hydrogen) atoms.